The van der Waals surface area contributed by atoms with Crippen molar-refractivity contribution in [1.82, 2.24) is 0 Å². The summed E-state index contributed by atoms with van der Waals surface area (Å²) in [4.78, 5) is 12.3. The van der Waals surface area contributed by atoms with Crippen molar-refractivity contribution in [2.75, 3.05) is 25.3 Å². The molecule has 0 saturated carbocycles. The number of hydrogen-bond acceptors (Lipinski definition) is 4. The highest BCUT2D eigenvalue weighted by Gasteiger charge is 2.19. The summed E-state index contributed by atoms with van der Waals surface area (Å²) in [6.07, 6.45) is 0. The van der Waals surface area contributed by atoms with E-state index in [9.17, 15) is 9.18 Å². The molecule has 0 radical (unpaired) electrons. The predicted molar refractivity (Wildman–Crippen MR) is 78.3 cm³/mol. The second kappa shape index (κ2) is 6.13. The molecule has 6 heteroatoms. The number of nitrogen functional groups attached to an aromatic ring is 1. The van der Waals surface area contributed by atoms with Crippen LogP contribution < -0.4 is 20.5 Å². The van der Waals surface area contributed by atoms with E-state index in [0.717, 1.165) is 6.07 Å². The number of rotatable bonds is 4. The molecule has 110 valence electrons. The van der Waals surface area contributed by atoms with Crippen molar-refractivity contribution in [3.63, 3.8) is 0 Å². The van der Waals surface area contributed by atoms with Gasteiger partial charge in [0.1, 0.15) is 22.9 Å². The highest BCUT2D eigenvalue weighted by atomic mass is 19.1. The summed E-state index contributed by atoms with van der Waals surface area (Å²) in [6, 6.07) is 8.96. The zero-order chi connectivity index (χ0) is 15.4. The lowest BCUT2D eigenvalue weighted by molar-refractivity contribution is 0.102. The zero-order valence-electron chi connectivity index (χ0n) is 11.6. The Morgan fingerprint density at radius 3 is 2.29 bits per heavy atom. The van der Waals surface area contributed by atoms with Crippen molar-refractivity contribution < 1.29 is 18.7 Å². The normalized spacial score (nSPS) is 10.0. The number of carbonyl (C=O) groups excluding carboxylic acids is 1. The van der Waals surface area contributed by atoms with E-state index >= 15 is 0 Å². The number of nitrogens with two attached hydrogens (primary N) is 1. The number of benzene rings is 2. The van der Waals surface area contributed by atoms with Gasteiger partial charge < -0.3 is 20.5 Å². The highest BCUT2D eigenvalue weighted by molar-refractivity contribution is 6.08. The Morgan fingerprint density at radius 2 is 1.76 bits per heavy atom. The Bertz CT molecular complexity index is 652. The molecule has 3 N–H and O–H groups in total. The molecular formula is C15H15FN2O3. The van der Waals surface area contributed by atoms with Gasteiger partial charge in [-0.3, -0.25) is 4.79 Å². The lowest BCUT2D eigenvalue weighted by Crippen LogP contribution is -2.15. The van der Waals surface area contributed by atoms with Crippen LogP contribution in [0.4, 0.5) is 15.8 Å². The molecule has 0 aliphatic carbocycles. The lowest BCUT2D eigenvalue weighted by Gasteiger charge is -2.13. The number of amides is 1. The lowest BCUT2D eigenvalue weighted by atomic mass is 10.1. The Labute approximate surface area is 121 Å². The van der Waals surface area contributed by atoms with E-state index < -0.39 is 11.7 Å². The van der Waals surface area contributed by atoms with Crippen LogP contribution in [-0.2, 0) is 0 Å². The Balaban J connectivity index is 2.36. The number of ether oxygens (including phenoxy) is 2. The highest BCUT2D eigenvalue weighted by Crippen LogP contribution is 2.29. The van der Waals surface area contributed by atoms with Crippen molar-refractivity contribution >= 4 is 17.3 Å². The van der Waals surface area contributed by atoms with Gasteiger partial charge in [0.05, 0.1) is 19.9 Å². The SMILES string of the molecule is COc1cccc(OC)c1C(=O)Nc1ccc(N)cc1F. The summed E-state index contributed by atoms with van der Waals surface area (Å²) in [5.41, 5.74) is 5.97. The first kappa shape index (κ1) is 14.6. The average molecular weight is 290 g/mol. The minimum atomic E-state index is -0.614. The van der Waals surface area contributed by atoms with Crippen LogP contribution in [0.2, 0.25) is 0 Å². The van der Waals surface area contributed by atoms with Gasteiger partial charge in [-0.2, -0.15) is 0 Å². The Morgan fingerprint density at radius 1 is 1.14 bits per heavy atom. The summed E-state index contributed by atoms with van der Waals surface area (Å²) in [6.45, 7) is 0. The maximum atomic E-state index is 13.7. The first-order valence-corrected chi connectivity index (χ1v) is 6.14. The van der Waals surface area contributed by atoms with Crippen LogP contribution in [0.1, 0.15) is 10.4 Å². The van der Waals surface area contributed by atoms with Crippen LogP contribution in [0.5, 0.6) is 11.5 Å². The standard InChI is InChI=1S/C15H15FN2O3/c1-20-12-4-3-5-13(21-2)14(12)15(19)18-11-7-6-9(17)8-10(11)16/h3-8H,17H2,1-2H3,(H,18,19). The molecule has 2 aromatic rings. The van der Waals surface area contributed by atoms with Crippen molar-refractivity contribution in [2.24, 2.45) is 0 Å². The molecule has 0 saturated heterocycles. The van der Waals surface area contributed by atoms with E-state index in [-0.39, 0.29) is 16.9 Å². The van der Waals surface area contributed by atoms with E-state index in [1.54, 1.807) is 18.2 Å². The van der Waals surface area contributed by atoms with Crippen molar-refractivity contribution in [3.05, 3.63) is 47.8 Å². The fourth-order valence-corrected chi connectivity index (χ4v) is 1.89. The summed E-state index contributed by atoms with van der Waals surface area (Å²) < 4.78 is 24.0. The number of anilines is 2. The molecule has 0 atom stereocenters. The van der Waals surface area contributed by atoms with E-state index in [0.29, 0.717) is 11.5 Å². The molecule has 0 aliphatic heterocycles. The predicted octanol–water partition coefficient (Wildman–Crippen LogP) is 2.68. The van der Waals surface area contributed by atoms with Gasteiger partial charge in [-0.25, -0.2) is 4.39 Å². The van der Waals surface area contributed by atoms with Crippen LogP contribution in [0.3, 0.4) is 0 Å². The summed E-state index contributed by atoms with van der Waals surface area (Å²) in [5, 5.41) is 2.47. The van der Waals surface area contributed by atoms with Gasteiger partial charge in [0.15, 0.2) is 0 Å². The minimum Gasteiger partial charge on any atom is -0.496 e. The molecule has 0 unspecified atom stereocenters. The second-order valence-corrected chi connectivity index (χ2v) is 4.23. The monoisotopic (exact) mass is 290 g/mol. The number of methoxy groups -OCH3 is 2. The molecule has 2 aromatic carbocycles. The number of carbonyl (C=O) groups is 1. The number of nitrogens with one attached hydrogen (secondary N) is 1. The van der Waals surface area contributed by atoms with Crippen LogP contribution >= 0.6 is 0 Å². The zero-order valence-corrected chi connectivity index (χ0v) is 11.6. The van der Waals surface area contributed by atoms with Gasteiger partial charge in [0, 0.05) is 5.69 Å². The van der Waals surface area contributed by atoms with Gasteiger partial charge in [0.25, 0.3) is 5.91 Å². The molecule has 2 rings (SSSR count). The molecular weight excluding hydrogens is 275 g/mol. The quantitative estimate of drug-likeness (QED) is 0.849. The maximum Gasteiger partial charge on any atom is 0.263 e. The molecule has 0 aromatic heterocycles. The third-order valence-corrected chi connectivity index (χ3v) is 2.90. The molecule has 5 nitrogen and oxygen atoms in total. The number of hydrogen-bond donors (Lipinski definition) is 2. The molecule has 0 bridgehead atoms. The molecule has 21 heavy (non-hydrogen) atoms. The maximum absolute atomic E-state index is 13.7. The summed E-state index contributed by atoms with van der Waals surface area (Å²) in [7, 11) is 2.88. The Kier molecular flexibility index (Phi) is 4.27. The van der Waals surface area contributed by atoms with Crippen LogP contribution in [0, 0.1) is 5.82 Å². The van der Waals surface area contributed by atoms with Crippen molar-refractivity contribution in [2.45, 2.75) is 0 Å². The number of halogens is 1. The first-order valence-electron chi connectivity index (χ1n) is 6.14. The van der Waals surface area contributed by atoms with Crippen molar-refractivity contribution in [1.29, 1.82) is 0 Å². The molecule has 0 fully saturated rings. The van der Waals surface area contributed by atoms with Gasteiger partial charge in [-0.1, -0.05) is 6.07 Å². The molecule has 0 spiro atoms. The Hall–Kier alpha value is -2.76. The van der Waals surface area contributed by atoms with Crippen molar-refractivity contribution in [3.8, 4) is 11.5 Å². The molecule has 0 heterocycles. The smallest absolute Gasteiger partial charge is 0.263 e. The van der Waals surface area contributed by atoms with Crippen LogP contribution in [0.25, 0.3) is 0 Å². The third kappa shape index (κ3) is 3.05. The average Bonchev–Trinajstić information content (AvgIpc) is 2.49. The van der Waals surface area contributed by atoms with Gasteiger partial charge in [-0.15, -0.1) is 0 Å². The van der Waals surface area contributed by atoms with Crippen LogP contribution in [-0.4, -0.2) is 20.1 Å². The fourth-order valence-electron chi connectivity index (χ4n) is 1.89. The largest absolute Gasteiger partial charge is 0.496 e. The van der Waals surface area contributed by atoms with E-state index in [1.807, 2.05) is 0 Å². The van der Waals surface area contributed by atoms with Gasteiger partial charge in [-0.05, 0) is 30.3 Å². The topological polar surface area (TPSA) is 73.6 Å². The summed E-state index contributed by atoms with van der Waals surface area (Å²) in [5.74, 6) is -0.476. The van der Waals surface area contributed by atoms with Crippen LogP contribution in [0.15, 0.2) is 36.4 Å². The minimum absolute atomic E-state index is 0.0298. The van der Waals surface area contributed by atoms with Gasteiger partial charge >= 0.3 is 0 Å². The van der Waals surface area contributed by atoms with Gasteiger partial charge in [0.2, 0.25) is 0 Å². The first-order chi connectivity index (χ1) is 10.1. The summed E-state index contributed by atoms with van der Waals surface area (Å²) >= 11 is 0. The van der Waals surface area contributed by atoms with E-state index in [2.05, 4.69) is 5.32 Å². The fraction of sp³-hybridized carbons (Fsp3) is 0.133. The second-order valence-electron chi connectivity index (χ2n) is 4.23. The molecule has 0 aliphatic rings. The third-order valence-electron chi connectivity index (χ3n) is 2.90. The van der Waals surface area contributed by atoms with E-state index in [4.69, 9.17) is 15.2 Å². The molecule has 1 amide bonds. The van der Waals surface area contributed by atoms with E-state index in [1.165, 1.54) is 26.4 Å².